The molecule has 4 aromatic carbocycles. The summed E-state index contributed by atoms with van der Waals surface area (Å²) >= 11 is 7.08. The van der Waals surface area contributed by atoms with Crippen LogP contribution in [0.1, 0.15) is 59.5 Å². The quantitative estimate of drug-likeness (QED) is 0.0516. The van der Waals surface area contributed by atoms with Gasteiger partial charge in [0.25, 0.3) is 5.24 Å². The minimum Gasteiger partial charge on any atom is -0.486 e. The number of nitrogens with zero attached hydrogens (tertiary/aromatic N) is 8. The number of carbonyl (C=O) groups is 3. The standard InChI is InChI=1S/C49H44N10O6S2/c1-3-7-42-52-46(38(19-21-45(60)61)59(42)27-31-12-17-35(32-8-5-4-6-9-32)36(22-31)47-54-56-57-55-47)40(66)23-30-13-20-44(50-26-30)65-34-16-18-37-39(25-34)58(2)43(51-37)28-64-33-14-10-29(11-15-33)24-41-48(62)53-49(63)67-41/h4-6,8-18,20,22,25-26,41H,3,7,19,21,23-24,27-28H2,1-2H3,(H,60,61)(H,53,62,63)(H,54,55,56,57). The number of fused-ring (bicyclic) bond motifs is 1. The summed E-state index contributed by atoms with van der Waals surface area (Å²) in [4.78, 5) is 50.4. The second kappa shape index (κ2) is 19.9. The summed E-state index contributed by atoms with van der Waals surface area (Å²) in [6.45, 7) is 2.76. The van der Waals surface area contributed by atoms with Crippen LogP contribution < -0.4 is 14.8 Å². The molecule has 1 atom stereocenters. The first kappa shape index (κ1) is 44.6. The number of rotatable bonds is 19. The monoisotopic (exact) mass is 932 g/mol. The first-order valence-corrected chi connectivity index (χ1v) is 22.9. The van der Waals surface area contributed by atoms with E-state index >= 15 is 0 Å². The van der Waals surface area contributed by atoms with E-state index in [1.54, 1.807) is 12.3 Å². The Morgan fingerprint density at radius 2 is 1.67 bits per heavy atom. The molecule has 1 aliphatic heterocycles. The van der Waals surface area contributed by atoms with E-state index in [1.807, 2.05) is 90.5 Å². The Hall–Kier alpha value is -7.57. The Morgan fingerprint density at radius 3 is 2.39 bits per heavy atom. The fraction of sp³-hybridized carbons (Fsp3) is 0.224. The lowest BCUT2D eigenvalue weighted by atomic mass is 9.97. The molecule has 0 radical (unpaired) electrons. The molecule has 8 aromatic rings. The number of imide groups is 1. The molecule has 0 spiro atoms. The van der Waals surface area contributed by atoms with Crippen LogP contribution in [-0.4, -0.2) is 77.0 Å². The van der Waals surface area contributed by atoms with Gasteiger partial charge in [-0.05, 0) is 76.2 Å². The highest BCUT2D eigenvalue weighted by Gasteiger charge is 2.31. The molecule has 5 heterocycles. The highest BCUT2D eigenvalue weighted by atomic mass is 32.2. The molecular formula is C49H44N10O6S2. The van der Waals surface area contributed by atoms with Crippen molar-refractivity contribution in [3.05, 3.63) is 149 Å². The predicted octanol–water partition coefficient (Wildman–Crippen LogP) is 8.26. The minimum absolute atomic E-state index is 0.0778. The molecule has 3 N–H and O–H groups in total. The third-order valence-corrected chi connectivity index (χ3v) is 12.7. The van der Waals surface area contributed by atoms with E-state index in [2.05, 4.69) is 60.6 Å². The third kappa shape index (κ3) is 10.3. The van der Waals surface area contributed by atoms with Crippen LogP contribution in [0, 0.1) is 0 Å². The number of aromatic amines is 1. The summed E-state index contributed by atoms with van der Waals surface area (Å²) in [6, 6.07) is 33.0. The zero-order valence-electron chi connectivity index (χ0n) is 36.5. The zero-order chi connectivity index (χ0) is 46.4. The number of H-pyrrole nitrogens is 1. The Balaban J connectivity index is 0.877. The average Bonchev–Trinajstić information content (AvgIpc) is 4.13. The molecule has 1 aliphatic rings. The fourth-order valence-corrected chi connectivity index (χ4v) is 9.22. The van der Waals surface area contributed by atoms with Crippen LogP contribution in [0.4, 0.5) is 4.79 Å². The van der Waals surface area contributed by atoms with Crippen molar-refractivity contribution in [3.63, 3.8) is 0 Å². The van der Waals surface area contributed by atoms with Crippen LogP contribution >= 0.6 is 24.0 Å². The number of thiocarbonyl (C=S) groups is 1. The molecule has 1 unspecified atom stereocenters. The smallest absolute Gasteiger partial charge is 0.303 e. The maximum absolute atomic E-state index is 12.0. The van der Waals surface area contributed by atoms with Gasteiger partial charge in [0.1, 0.15) is 29.8 Å². The number of benzene rings is 4. The van der Waals surface area contributed by atoms with Crippen LogP contribution in [0.2, 0.25) is 0 Å². The van der Waals surface area contributed by atoms with Crippen LogP contribution in [-0.2, 0) is 55.5 Å². The van der Waals surface area contributed by atoms with Crippen LogP contribution in [0.25, 0.3) is 33.5 Å². The summed E-state index contributed by atoms with van der Waals surface area (Å²) < 4.78 is 16.3. The normalized spacial score (nSPS) is 13.6. The molecule has 338 valence electrons. The summed E-state index contributed by atoms with van der Waals surface area (Å²) in [5, 5.41) is 26.3. The number of aromatic nitrogens is 9. The van der Waals surface area contributed by atoms with Crippen molar-refractivity contribution in [2.75, 3.05) is 0 Å². The van der Waals surface area contributed by atoms with E-state index < -0.39 is 11.2 Å². The molecule has 1 saturated heterocycles. The van der Waals surface area contributed by atoms with Gasteiger partial charge in [0.2, 0.25) is 17.6 Å². The number of nitrogens with one attached hydrogen (secondary N) is 2. The van der Waals surface area contributed by atoms with E-state index in [4.69, 9.17) is 31.7 Å². The molecule has 2 amide bonds. The van der Waals surface area contributed by atoms with Gasteiger partial charge in [0.15, 0.2) is 0 Å². The number of tetrazole rings is 1. The van der Waals surface area contributed by atoms with E-state index in [0.717, 1.165) is 79.9 Å². The number of aliphatic carboxylic acids is 1. The molecule has 4 aromatic heterocycles. The van der Waals surface area contributed by atoms with E-state index in [9.17, 15) is 19.5 Å². The maximum atomic E-state index is 12.0. The number of aryl methyl sites for hydroxylation is 2. The van der Waals surface area contributed by atoms with Crippen LogP contribution in [0.3, 0.4) is 0 Å². The lowest BCUT2D eigenvalue weighted by Gasteiger charge is -2.15. The van der Waals surface area contributed by atoms with Gasteiger partial charge in [-0.15, -0.1) is 10.2 Å². The molecule has 0 aliphatic carbocycles. The van der Waals surface area contributed by atoms with Crippen molar-refractivity contribution < 1.29 is 29.0 Å². The Bertz CT molecular complexity index is 3100. The number of carboxylic acids is 1. The van der Waals surface area contributed by atoms with Crippen LogP contribution in [0.15, 0.2) is 109 Å². The number of ether oxygens (including phenoxy) is 2. The van der Waals surface area contributed by atoms with Crippen molar-refractivity contribution in [3.8, 4) is 39.9 Å². The lowest BCUT2D eigenvalue weighted by Crippen LogP contribution is -2.25. The van der Waals surface area contributed by atoms with Crippen molar-refractivity contribution in [2.45, 2.75) is 63.9 Å². The average molecular weight is 933 g/mol. The Morgan fingerprint density at radius 1 is 0.881 bits per heavy atom. The molecule has 0 bridgehead atoms. The van der Waals surface area contributed by atoms with Gasteiger partial charge in [-0.1, -0.05) is 91.6 Å². The third-order valence-electron chi connectivity index (χ3n) is 11.4. The first-order valence-electron chi connectivity index (χ1n) is 21.6. The van der Waals surface area contributed by atoms with Gasteiger partial charge < -0.3 is 23.7 Å². The van der Waals surface area contributed by atoms with Gasteiger partial charge in [0, 0.05) is 67.3 Å². The number of hydrogen-bond acceptors (Lipinski definition) is 13. The number of hydrogen-bond donors (Lipinski definition) is 3. The number of amides is 2. The second-order valence-electron chi connectivity index (χ2n) is 16.0. The highest BCUT2D eigenvalue weighted by Crippen LogP contribution is 2.33. The van der Waals surface area contributed by atoms with Gasteiger partial charge >= 0.3 is 5.97 Å². The SMILES string of the molecule is CCCc1nc(C(=S)Cc2ccc(Oc3ccc4nc(COc5ccc(CC6SC(=O)NC6=O)cc5)n(C)c4c3)nc2)c(CCC(=O)O)n1Cc1ccc(-c2ccccc2)c(-c2nn[nH]n2)c1. The lowest BCUT2D eigenvalue weighted by molar-refractivity contribution is -0.137. The maximum Gasteiger partial charge on any atom is 0.303 e. The van der Waals surface area contributed by atoms with Gasteiger partial charge in [-0.2, -0.15) is 5.21 Å². The molecule has 67 heavy (non-hydrogen) atoms. The van der Waals surface area contributed by atoms with Gasteiger partial charge in [0.05, 0.1) is 28.4 Å². The number of carboxylic acid groups (broad SMARTS) is 1. The number of thioether (sulfide) groups is 1. The summed E-state index contributed by atoms with van der Waals surface area (Å²) in [6.07, 6.45) is 4.25. The van der Waals surface area contributed by atoms with Crippen molar-refractivity contribution in [2.24, 2.45) is 7.05 Å². The number of carbonyl (C=O) groups excluding carboxylic acids is 2. The summed E-state index contributed by atoms with van der Waals surface area (Å²) in [5.41, 5.74) is 8.59. The molecule has 0 saturated carbocycles. The number of pyridine rings is 1. The van der Waals surface area contributed by atoms with E-state index in [-0.39, 0.29) is 30.6 Å². The summed E-state index contributed by atoms with van der Waals surface area (Å²) in [7, 11) is 1.92. The molecule has 18 heteroatoms. The minimum atomic E-state index is -0.905. The Labute approximate surface area is 394 Å². The van der Waals surface area contributed by atoms with Gasteiger partial charge in [-0.3, -0.25) is 19.7 Å². The van der Waals surface area contributed by atoms with Crippen molar-refractivity contribution >= 4 is 57.0 Å². The number of imidazole rings is 2. The largest absolute Gasteiger partial charge is 0.486 e. The topological polar surface area (TPSA) is 205 Å². The molecular weight excluding hydrogens is 889 g/mol. The summed E-state index contributed by atoms with van der Waals surface area (Å²) in [5.74, 6) is 2.50. The predicted molar refractivity (Wildman–Crippen MR) is 256 cm³/mol. The van der Waals surface area contributed by atoms with Gasteiger partial charge in [-0.25, -0.2) is 15.0 Å². The zero-order valence-corrected chi connectivity index (χ0v) is 38.1. The molecule has 1 fully saturated rings. The molecule has 16 nitrogen and oxygen atoms in total. The first-order chi connectivity index (χ1) is 32.6. The van der Waals surface area contributed by atoms with Crippen molar-refractivity contribution in [1.82, 2.24) is 50.0 Å². The highest BCUT2D eigenvalue weighted by molar-refractivity contribution is 8.15. The second-order valence-corrected chi connectivity index (χ2v) is 17.7. The van der Waals surface area contributed by atoms with E-state index in [0.29, 0.717) is 59.6 Å². The molecule has 9 rings (SSSR count). The Kier molecular flexibility index (Phi) is 13.2. The fourth-order valence-electron chi connectivity index (χ4n) is 8.03. The van der Waals surface area contributed by atoms with Crippen molar-refractivity contribution in [1.29, 1.82) is 0 Å². The van der Waals surface area contributed by atoms with Crippen LogP contribution in [0.5, 0.6) is 17.4 Å². The van der Waals surface area contributed by atoms with E-state index in [1.165, 1.54) is 0 Å².